The Morgan fingerprint density at radius 1 is 1.11 bits per heavy atom. The molecule has 1 aromatic carbocycles. The van der Waals surface area contributed by atoms with Crippen LogP contribution in [-0.2, 0) is 0 Å². The van der Waals surface area contributed by atoms with Gasteiger partial charge in [0.25, 0.3) is 0 Å². The van der Waals surface area contributed by atoms with Gasteiger partial charge in [0, 0.05) is 6.04 Å². The molecule has 4 atom stereocenters. The van der Waals surface area contributed by atoms with Gasteiger partial charge in [-0.1, -0.05) is 0 Å². The van der Waals surface area contributed by atoms with Crippen LogP contribution in [0, 0.1) is 23.7 Å². The molecule has 5 heteroatoms. The highest BCUT2D eigenvalue weighted by Crippen LogP contribution is 2.66. The molecule has 3 aliphatic carbocycles. The molecule has 0 amide bonds. The van der Waals surface area contributed by atoms with E-state index in [2.05, 4.69) is 15.6 Å². The standard InChI is InChI=1S/C14H16N4O/c15-8-3-4-9(13-12(8)17-19-18-13)16-14-10-6-1-2-7(5-6)11(10)14/h3-4,6-7,10-11,14,16H,1-2,5,15H2. The number of anilines is 2. The lowest BCUT2D eigenvalue weighted by Gasteiger charge is -2.12. The van der Waals surface area contributed by atoms with Crippen molar-refractivity contribution in [3.05, 3.63) is 12.1 Å². The molecular weight excluding hydrogens is 240 g/mol. The van der Waals surface area contributed by atoms with E-state index in [-0.39, 0.29) is 0 Å². The van der Waals surface area contributed by atoms with Crippen LogP contribution in [0.3, 0.4) is 0 Å². The lowest BCUT2D eigenvalue weighted by molar-refractivity contribution is 0.315. The van der Waals surface area contributed by atoms with Crippen LogP contribution in [0.25, 0.3) is 11.0 Å². The Balaban J connectivity index is 1.48. The molecule has 0 spiro atoms. The number of nitrogens with zero attached hydrogens (tertiary/aromatic N) is 2. The second-order valence-electron chi connectivity index (χ2n) is 6.32. The molecule has 3 aliphatic rings. The van der Waals surface area contributed by atoms with Gasteiger partial charge in [-0.25, -0.2) is 4.63 Å². The SMILES string of the molecule is Nc1ccc(NC2C3C4CCC(C4)C23)c2nonc12. The van der Waals surface area contributed by atoms with Crippen LogP contribution in [0.2, 0.25) is 0 Å². The van der Waals surface area contributed by atoms with Crippen LogP contribution < -0.4 is 11.1 Å². The molecule has 5 nitrogen and oxygen atoms in total. The summed E-state index contributed by atoms with van der Waals surface area (Å²) in [6.45, 7) is 0. The summed E-state index contributed by atoms with van der Waals surface area (Å²) >= 11 is 0. The third kappa shape index (κ3) is 1.20. The number of nitrogens with two attached hydrogens (primary N) is 1. The summed E-state index contributed by atoms with van der Waals surface area (Å²) in [5, 5.41) is 11.5. The summed E-state index contributed by atoms with van der Waals surface area (Å²) in [5.74, 6) is 3.72. The number of rotatable bonds is 2. The van der Waals surface area contributed by atoms with E-state index < -0.39 is 0 Å². The first kappa shape index (κ1) is 10.1. The van der Waals surface area contributed by atoms with Gasteiger partial charge in [0.05, 0.1) is 11.4 Å². The number of nitrogens with one attached hydrogen (secondary N) is 1. The zero-order valence-corrected chi connectivity index (χ0v) is 10.5. The fourth-order valence-electron chi connectivity index (χ4n) is 4.70. The average Bonchev–Trinajstić information content (AvgIpc) is 2.85. The summed E-state index contributed by atoms with van der Waals surface area (Å²) in [6.07, 6.45) is 4.34. The molecule has 4 unspecified atom stereocenters. The number of fused-ring (bicyclic) bond motifs is 6. The molecule has 2 aromatic rings. The molecule has 2 bridgehead atoms. The molecule has 1 heterocycles. The third-order valence-electron chi connectivity index (χ3n) is 5.50. The molecule has 3 fully saturated rings. The highest BCUT2D eigenvalue weighted by molar-refractivity contribution is 5.95. The van der Waals surface area contributed by atoms with Crippen molar-refractivity contribution in [3.8, 4) is 0 Å². The van der Waals surface area contributed by atoms with Crippen molar-refractivity contribution >= 4 is 22.4 Å². The van der Waals surface area contributed by atoms with Crippen LogP contribution in [0.15, 0.2) is 16.8 Å². The Kier molecular flexibility index (Phi) is 1.70. The Bertz CT molecular complexity index is 651. The van der Waals surface area contributed by atoms with Gasteiger partial charge in [-0.3, -0.25) is 0 Å². The predicted octanol–water partition coefficient (Wildman–Crippen LogP) is 2.26. The van der Waals surface area contributed by atoms with Crippen molar-refractivity contribution in [2.45, 2.75) is 25.3 Å². The summed E-state index contributed by atoms with van der Waals surface area (Å²) in [5.41, 5.74) is 8.94. The summed E-state index contributed by atoms with van der Waals surface area (Å²) in [6, 6.07) is 4.51. The average molecular weight is 256 g/mol. The predicted molar refractivity (Wildman–Crippen MR) is 71.4 cm³/mol. The van der Waals surface area contributed by atoms with Crippen molar-refractivity contribution in [1.29, 1.82) is 0 Å². The summed E-state index contributed by atoms with van der Waals surface area (Å²) in [7, 11) is 0. The van der Waals surface area contributed by atoms with Gasteiger partial charge in [-0.05, 0) is 65.4 Å². The summed E-state index contributed by atoms with van der Waals surface area (Å²) < 4.78 is 4.82. The molecule has 1 aromatic heterocycles. The van der Waals surface area contributed by atoms with Gasteiger partial charge < -0.3 is 11.1 Å². The Labute approximate surface area is 110 Å². The molecule has 19 heavy (non-hydrogen) atoms. The van der Waals surface area contributed by atoms with Crippen molar-refractivity contribution < 1.29 is 4.63 Å². The van der Waals surface area contributed by atoms with Gasteiger partial charge in [-0.15, -0.1) is 0 Å². The van der Waals surface area contributed by atoms with Gasteiger partial charge in [0.1, 0.15) is 0 Å². The lowest BCUT2D eigenvalue weighted by Crippen LogP contribution is -2.13. The van der Waals surface area contributed by atoms with Gasteiger partial charge >= 0.3 is 0 Å². The minimum Gasteiger partial charge on any atom is -0.397 e. The molecule has 98 valence electrons. The normalized spacial score (nSPS) is 38.6. The van der Waals surface area contributed by atoms with Crippen LogP contribution in [0.1, 0.15) is 19.3 Å². The topological polar surface area (TPSA) is 77.0 Å². The van der Waals surface area contributed by atoms with E-state index in [1.54, 1.807) is 0 Å². The fraction of sp³-hybridized carbons (Fsp3) is 0.571. The first-order valence-corrected chi connectivity index (χ1v) is 7.10. The first-order valence-electron chi connectivity index (χ1n) is 7.10. The second-order valence-corrected chi connectivity index (χ2v) is 6.32. The van der Waals surface area contributed by atoms with E-state index in [0.29, 0.717) is 17.2 Å². The number of hydrogen-bond acceptors (Lipinski definition) is 5. The third-order valence-corrected chi connectivity index (χ3v) is 5.50. The van der Waals surface area contributed by atoms with Crippen molar-refractivity contribution in [3.63, 3.8) is 0 Å². The van der Waals surface area contributed by atoms with Crippen LogP contribution in [0.4, 0.5) is 11.4 Å². The zero-order valence-electron chi connectivity index (χ0n) is 10.5. The molecule has 0 aliphatic heterocycles. The van der Waals surface area contributed by atoms with Crippen molar-refractivity contribution in [1.82, 2.24) is 10.3 Å². The zero-order chi connectivity index (χ0) is 12.6. The van der Waals surface area contributed by atoms with Crippen molar-refractivity contribution in [2.24, 2.45) is 23.7 Å². The first-order chi connectivity index (χ1) is 9.33. The van der Waals surface area contributed by atoms with E-state index in [1.165, 1.54) is 19.3 Å². The Morgan fingerprint density at radius 2 is 1.84 bits per heavy atom. The maximum absolute atomic E-state index is 5.87. The van der Waals surface area contributed by atoms with E-state index in [0.717, 1.165) is 34.9 Å². The highest BCUT2D eigenvalue weighted by Gasteiger charge is 2.65. The number of benzene rings is 1. The molecule has 0 radical (unpaired) electrons. The monoisotopic (exact) mass is 256 g/mol. The number of hydrogen-bond donors (Lipinski definition) is 2. The van der Waals surface area contributed by atoms with Gasteiger partial charge in [0.2, 0.25) is 0 Å². The summed E-state index contributed by atoms with van der Waals surface area (Å²) in [4.78, 5) is 0. The maximum atomic E-state index is 5.87. The van der Waals surface area contributed by atoms with E-state index >= 15 is 0 Å². The van der Waals surface area contributed by atoms with E-state index in [9.17, 15) is 0 Å². The molecule has 3 N–H and O–H groups in total. The molecule has 3 saturated carbocycles. The van der Waals surface area contributed by atoms with E-state index in [4.69, 9.17) is 10.4 Å². The van der Waals surface area contributed by atoms with Crippen LogP contribution >= 0.6 is 0 Å². The lowest BCUT2D eigenvalue weighted by atomic mass is 10.0. The van der Waals surface area contributed by atoms with Crippen molar-refractivity contribution in [2.75, 3.05) is 11.1 Å². The van der Waals surface area contributed by atoms with Crippen LogP contribution in [0.5, 0.6) is 0 Å². The fourth-order valence-corrected chi connectivity index (χ4v) is 4.70. The van der Waals surface area contributed by atoms with E-state index in [1.807, 2.05) is 12.1 Å². The maximum Gasteiger partial charge on any atom is 0.160 e. The molecular formula is C14H16N4O. The van der Waals surface area contributed by atoms with Gasteiger partial charge in [-0.2, -0.15) is 0 Å². The number of nitrogen functional groups attached to an aromatic ring is 1. The second kappa shape index (κ2) is 3.21. The number of aromatic nitrogens is 2. The highest BCUT2D eigenvalue weighted by atomic mass is 16.6. The Morgan fingerprint density at radius 3 is 2.63 bits per heavy atom. The molecule has 5 rings (SSSR count). The quantitative estimate of drug-likeness (QED) is 0.806. The minimum atomic E-state index is 0.623. The molecule has 0 saturated heterocycles. The van der Waals surface area contributed by atoms with Gasteiger partial charge in [0.15, 0.2) is 11.0 Å². The smallest absolute Gasteiger partial charge is 0.160 e. The Hall–Kier alpha value is -1.78. The largest absolute Gasteiger partial charge is 0.397 e. The van der Waals surface area contributed by atoms with Crippen LogP contribution in [-0.4, -0.2) is 16.4 Å². The minimum absolute atomic E-state index is 0.623.